The molecule has 2 aromatic rings. The lowest BCUT2D eigenvalue weighted by Crippen LogP contribution is -2.25. The smallest absolute Gasteiger partial charge is 0.331 e. The van der Waals surface area contributed by atoms with E-state index < -0.39 is 22.9 Å². The van der Waals surface area contributed by atoms with Crippen LogP contribution < -0.4 is 5.32 Å². The molecule has 0 saturated carbocycles. The minimum atomic E-state index is -1.22. The van der Waals surface area contributed by atoms with Crippen LogP contribution in [-0.4, -0.2) is 16.8 Å². The van der Waals surface area contributed by atoms with Crippen LogP contribution in [0.1, 0.15) is 25.5 Å². The Morgan fingerprint density at radius 3 is 2.44 bits per heavy atom. The highest BCUT2D eigenvalue weighted by molar-refractivity contribution is 6.32. The molecule has 140 valence electrons. The molecule has 8 heteroatoms. The average molecular weight is 389 g/mol. The van der Waals surface area contributed by atoms with Gasteiger partial charge < -0.3 is 10.1 Å². The number of ether oxygens (including phenoxy) is 1. The van der Waals surface area contributed by atoms with E-state index in [1.807, 2.05) is 0 Å². The summed E-state index contributed by atoms with van der Waals surface area (Å²) in [4.78, 5) is 35.0. The van der Waals surface area contributed by atoms with Crippen LogP contribution in [0.25, 0.3) is 0 Å². The summed E-state index contributed by atoms with van der Waals surface area (Å²) in [5.41, 5.74) is 1.01. The van der Waals surface area contributed by atoms with Crippen molar-refractivity contribution in [1.82, 2.24) is 0 Å². The molecule has 0 aliphatic rings. The monoisotopic (exact) mass is 388 g/mol. The minimum absolute atomic E-state index is 0.0485. The summed E-state index contributed by atoms with van der Waals surface area (Å²) in [6.45, 7) is 3.46. The number of nitrogens with zero attached hydrogens (tertiary/aromatic N) is 1. The quantitative estimate of drug-likeness (QED) is 0.341. The van der Waals surface area contributed by atoms with Gasteiger partial charge in [-0.05, 0) is 26.0 Å². The highest BCUT2D eigenvalue weighted by Crippen LogP contribution is 2.28. The van der Waals surface area contributed by atoms with Crippen molar-refractivity contribution in [2.75, 3.05) is 5.32 Å². The number of benzene rings is 2. The first-order valence-electron chi connectivity index (χ1n) is 7.93. The summed E-state index contributed by atoms with van der Waals surface area (Å²) < 4.78 is 5.30. The van der Waals surface area contributed by atoms with Crippen LogP contribution in [0.5, 0.6) is 0 Å². The maximum absolute atomic E-state index is 12.7. The summed E-state index contributed by atoms with van der Waals surface area (Å²) in [7, 11) is 0. The Balaban J connectivity index is 2.29. The fourth-order valence-electron chi connectivity index (χ4n) is 2.22. The summed E-state index contributed by atoms with van der Waals surface area (Å²) in [5, 5.41) is 13.5. The number of anilines is 1. The second-order valence-electron chi connectivity index (χ2n) is 5.86. The fraction of sp³-hybridized carbons (Fsp3) is 0.158. The average Bonchev–Trinajstić information content (AvgIpc) is 2.61. The first-order valence-corrected chi connectivity index (χ1v) is 8.31. The molecule has 0 saturated heterocycles. The van der Waals surface area contributed by atoms with E-state index in [1.165, 1.54) is 18.2 Å². The van der Waals surface area contributed by atoms with Gasteiger partial charge in [0, 0.05) is 23.4 Å². The Kier molecular flexibility index (Phi) is 6.67. The molecule has 0 fully saturated rings. The SMILES string of the molecule is CC(C)=CC(=O)O[C@H](C(=O)Nc1ccc(Cl)c([N+](=O)[O-])c1)c1ccccc1. The number of esters is 1. The van der Waals surface area contributed by atoms with Crippen molar-refractivity contribution < 1.29 is 19.2 Å². The largest absolute Gasteiger partial charge is 0.444 e. The lowest BCUT2D eigenvalue weighted by Gasteiger charge is -2.17. The third-order valence-electron chi connectivity index (χ3n) is 3.39. The fourth-order valence-corrected chi connectivity index (χ4v) is 2.41. The number of carbonyl (C=O) groups excluding carboxylic acids is 2. The molecule has 0 aliphatic heterocycles. The lowest BCUT2D eigenvalue weighted by atomic mass is 10.1. The Labute approximate surface area is 160 Å². The molecular formula is C19H17ClN2O5. The van der Waals surface area contributed by atoms with Gasteiger partial charge in [-0.2, -0.15) is 0 Å². The molecule has 2 rings (SSSR count). The van der Waals surface area contributed by atoms with Crippen molar-refractivity contribution in [2.45, 2.75) is 20.0 Å². The molecule has 2 aromatic carbocycles. The Bertz CT molecular complexity index is 892. The van der Waals surface area contributed by atoms with E-state index in [-0.39, 0.29) is 16.4 Å². The Morgan fingerprint density at radius 2 is 1.85 bits per heavy atom. The van der Waals surface area contributed by atoms with E-state index in [2.05, 4.69) is 5.32 Å². The third-order valence-corrected chi connectivity index (χ3v) is 3.71. The number of rotatable bonds is 6. The third kappa shape index (κ3) is 5.65. The molecule has 1 atom stereocenters. The number of hydrogen-bond acceptors (Lipinski definition) is 5. The number of amides is 1. The van der Waals surface area contributed by atoms with E-state index in [1.54, 1.807) is 44.2 Å². The van der Waals surface area contributed by atoms with Gasteiger partial charge in [-0.15, -0.1) is 0 Å². The number of carbonyl (C=O) groups is 2. The molecule has 0 heterocycles. The molecule has 0 spiro atoms. The summed E-state index contributed by atoms with van der Waals surface area (Å²) in [6, 6.07) is 12.3. The van der Waals surface area contributed by atoms with Gasteiger partial charge in [0.2, 0.25) is 6.10 Å². The molecule has 0 aromatic heterocycles. The van der Waals surface area contributed by atoms with E-state index >= 15 is 0 Å². The van der Waals surface area contributed by atoms with Crippen LogP contribution in [0.4, 0.5) is 11.4 Å². The molecular weight excluding hydrogens is 372 g/mol. The zero-order valence-electron chi connectivity index (χ0n) is 14.6. The topological polar surface area (TPSA) is 98.5 Å². The highest BCUT2D eigenvalue weighted by Gasteiger charge is 2.25. The van der Waals surface area contributed by atoms with E-state index in [4.69, 9.17) is 16.3 Å². The molecule has 0 unspecified atom stereocenters. The molecule has 0 bridgehead atoms. The molecule has 7 nitrogen and oxygen atoms in total. The highest BCUT2D eigenvalue weighted by atomic mass is 35.5. The van der Waals surface area contributed by atoms with Crippen molar-refractivity contribution in [3.8, 4) is 0 Å². The first kappa shape index (κ1) is 20.1. The van der Waals surface area contributed by atoms with Gasteiger partial charge >= 0.3 is 5.97 Å². The maximum Gasteiger partial charge on any atom is 0.331 e. The number of nitrogens with one attached hydrogen (secondary N) is 1. The molecule has 0 aliphatic carbocycles. The number of halogens is 1. The maximum atomic E-state index is 12.7. The predicted molar refractivity (Wildman–Crippen MR) is 101 cm³/mol. The molecule has 1 amide bonds. The first-order chi connectivity index (χ1) is 12.8. The summed E-state index contributed by atoms with van der Waals surface area (Å²) in [5.74, 6) is -1.31. The van der Waals surface area contributed by atoms with E-state index in [0.717, 1.165) is 11.6 Å². The van der Waals surface area contributed by atoms with Crippen molar-refractivity contribution >= 4 is 34.9 Å². The van der Waals surface area contributed by atoms with Crippen molar-refractivity contribution in [3.05, 3.63) is 80.9 Å². The van der Waals surface area contributed by atoms with Gasteiger partial charge in [-0.3, -0.25) is 14.9 Å². The lowest BCUT2D eigenvalue weighted by molar-refractivity contribution is -0.384. The van der Waals surface area contributed by atoms with Crippen LogP contribution in [0.3, 0.4) is 0 Å². The van der Waals surface area contributed by atoms with Crippen molar-refractivity contribution in [2.24, 2.45) is 0 Å². The molecule has 1 N–H and O–H groups in total. The van der Waals surface area contributed by atoms with Crippen LogP contribution in [0.2, 0.25) is 5.02 Å². The zero-order chi connectivity index (χ0) is 20.0. The van der Waals surface area contributed by atoms with Crippen molar-refractivity contribution in [3.63, 3.8) is 0 Å². The van der Waals surface area contributed by atoms with Gasteiger partial charge in [0.25, 0.3) is 11.6 Å². The summed E-state index contributed by atoms with van der Waals surface area (Å²) >= 11 is 5.77. The number of nitro groups is 1. The minimum Gasteiger partial charge on any atom is -0.444 e. The van der Waals surface area contributed by atoms with E-state index in [9.17, 15) is 19.7 Å². The van der Waals surface area contributed by atoms with Crippen LogP contribution in [0.15, 0.2) is 60.2 Å². The van der Waals surface area contributed by atoms with Gasteiger partial charge in [-0.1, -0.05) is 47.5 Å². The zero-order valence-corrected chi connectivity index (χ0v) is 15.4. The standard InChI is InChI=1S/C19H17ClN2O5/c1-12(2)10-17(23)27-18(13-6-4-3-5-7-13)19(24)21-14-8-9-15(20)16(11-14)22(25)26/h3-11,18H,1-2H3,(H,21,24)/t18-/m0/s1. The molecule has 0 radical (unpaired) electrons. The van der Waals surface area contributed by atoms with Gasteiger partial charge in [0.1, 0.15) is 5.02 Å². The van der Waals surface area contributed by atoms with Crippen LogP contribution in [-0.2, 0) is 14.3 Å². The number of hydrogen-bond donors (Lipinski definition) is 1. The van der Waals surface area contributed by atoms with Crippen LogP contribution in [0, 0.1) is 10.1 Å². The van der Waals surface area contributed by atoms with Gasteiger partial charge in [-0.25, -0.2) is 4.79 Å². The normalized spacial score (nSPS) is 11.2. The predicted octanol–water partition coefficient (Wildman–Crippen LogP) is 4.44. The second-order valence-corrected chi connectivity index (χ2v) is 6.27. The number of allylic oxidation sites excluding steroid dienone is 1. The second kappa shape index (κ2) is 8.95. The van der Waals surface area contributed by atoms with Gasteiger partial charge in [0.05, 0.1) is 4.92 Å². The van der Waals surface area contributed by atoms with Crippen molar-refractivity contribution in [1.29, 1.82) is 0 Å². The molecule has 27 heavy (non-hydrogen) atoms. The van der Waals surface area contributed by atoms with Gasteiger partial charge in [0.15, 0.2) is 0 Å². The van der Waals surface area contributed by atoms with Crippen LogP contribution >= 0.6 is 11.6 Å². The summed E-state index contributed by atoms with van der Waals surface area (Å²) in [6.07, 6.45) is 0.0557. The van der Waals surface area contributed by atoms with E-state index in [0.29, 0.717) is 5.56 Å². The Hall–Kier alpha value is -3.19. The Morgan fingerprint density at radius 1 is 1.19 bits per heavy atom. The number of nitro benzene ring substituents is 1.